The maximum atomic E-state index is 12.8. The molecule has 2 aromatic rings. The number of nitrogens with one attached hydrogen (secondary N) is 2. The Morgan fingerprint density at radius 3 is 2.21 bits per heavy atom. The van der Waals surface area contributed by atoms with Crippen LogP contribution >= 0.6 is 0 Å². The molecular formula is C19H24N4O5S. The van der Waals surface area contributed by atoms with Gasteiger partial charge in [-0.1, -0.05) is 19.9 Å². The lowest BCUT2D eigenvalue weighted by atomic mass is 10.2. The summed E-state index contributed by atoms with van der Waals surface area (Å²) in [6.07, 6.45) is 0. The molecule has 0 fully saturated rings. The van der Waals surface area contributed by atoms with Crippen LogP contribution < -0.4 is 10.6 Å². The van der Waals surface area contributed by atoms with Crippen LogP contribution in [0.2, 0.25) is 0 Å². The molecule has 0 aliphatic carbocycles. The second-order valence-corrected chi connectivity index (χ2v) is 8.18. The molecule has 0 aromatic heterocycles. The highest BCUT2D eigenvalue weighted by atomic mass is 32.2. The Morgan fingerprint density at radius 2 is 1.66 bits per heavy atom. The summed E-state index contributed by atoms with van der Waals surface area (Å²) in [5, 5.41) is 16.2. The number of carbonyl (C=O) groups is 1. The number of rotatable bonds is 9. The van der Waals surface area contributed by atoms with Crippen molar-refractivity contribution in [2.45, 2.75) is 25.7 Å². The van der Waals surface area contributed by atoms with E-state index in [1.165, 1.54) is 34.6 Å². The molecule has 0 unspecified atom stereocenters. The molecule has 0 aliphatic heterocycles. The quantitative estimate of drug-likeness (QED) is 0.475. The molecule has 2 rings (SSSR count). The number of benzene rings is 2. The fourth-order valence-corrected chi connectivity index (χ4v) is 4.45. The maximum absolute atomic E-state index is 12.8. The Morgan fingerprint density at radius 1 is 1.07 bits per heavy atom. The number of hydrogen-bond donors (Lipinski definition) is 2. The van der Waals surface area contributed by atoms with Crippen LogP contribution in [0.5, 0.6) is 0 Å². The highest BCUT2D eigenvalue weighted by molar-refractivity contribution is 7.89. The third-order valence-electron chi connectivity index (χ3n) is 4.33. The van der Waals surface area contributed by atoms with Crippen molar-refractivity contribution < 1.29 is 18.1 Å². The summed E-state index contributed by atoms with van der Waals surface area (Å²) in [5.74, 6) is -0.368. The van der Waals surface area contributed by atoms with Crippen molar-refractivity contribution in [1.82, 2.24) is 4.31 Å². The molecule has 10 heteroatoms. The van der Waals surface area contributed by atoms with Gasteiger partial charge in [-0.25, -0.2) is 8.42 Å². The van der Waals surface area contributed by atoms with Crippen molar-refractivity contribution in [2.24, 2.45) is 0 Å². The largest absolute Gasteiger partial charge is 0.376 e. The van der Waals surface area contributed by atoms with Gasteiger partial charge < -0.3 is 10.6 Å². The Labute approximate surface area is 169 Å². The molecule has 0 bridgehead atoms. The van der Waals surface area contributed by atoms with Crippen molar-refractivity contribution in [3.63, 3.8) is 0 Å². The van der Waals surface area contributed by atoms with Gasteiger partial charge in [0.25, 0.3) is 5.69 Å². The van der Waals surface area contributed by atoms with Gasteiger partial charge in [-0.2, -0.15) is 4.31 Å². The first-order valence-corrected chi connectivity index (χ1v) is 10.5. The number of nitro benzene ring substituents is 1. The minimum Gasteiger partial charge on any atom is -0.376 e. The van der Waals surface area contributed by atoms with Crippen LogP contribution in [0.15, 0.2) is 47.4 Å². The maximum Gasteiger partial charge on any atom is 0.269 e. The summed E-state index contributed by atoms with van der Waals surface area (Å²) in [5.41, 5.74) is 1.48. The molecule has 9 nitrogen and oxygen atoms in total. The van der Waals surface area contributed by atoms with Crippen molar-refractivity contribution >= 4 is 33.0 Å². The SMILES string of the molecule is CCN(CC)S(=O)(=O)c1cc(NCC(=O)Nc2ccc([N+](=O)[O-])cc2)ccc1C. The Hall–Kier alpha value is -2.98. The number of hydrogen-bond acceptors (Lipinski definition) is 6. The van der Waals surface area contributed by atoms with Crippen molar-refractivity contribution in [2.75, 3.05) is 30.3 Å². The normalized spacial score (nSPS) is 11.3. The Kier molecular flexibility index (Phi) is 7.29. The van der Waals surface area contributed by atoms with Crippen LogP contribution in [-0.4, -0.2) is 43.2 Å². The van der Waals surface area contributed by atoms with Gasteiger partial charge in [0.05, 0.1) is 16.4 Å². The molecule has 1 amide bonds. The van der Waals surface area contributed by atoms with E-state index in [2.05, 4.69) is 10.6 Å². The number of non-ortho nitro benzene ring substituents is 1. The first-order valence-electron chi connectivity index (χ1n) is 9.08. The molecule has 0 spiro atoms. The minimum atomic E-state index is -3.61. The van der Waals surface area contributed by atoms with Gasteiger partial charge in [0.1, 0.15) is 0 Å². The zero-order chi connectivity index (χ0) is 21.6. The van der Waals surface area contributed by atoms with E-state index in [-0.39, 0.29) is 23.0 Å². The standard InChI is InChI=1S/C19H24N4O5S/c1-4-22(5-2)29(27,28)18-12-16(7-6-14(18)3)20-13-19(24)21-15-8-10-17(11-9-15)23(25)26/h6-12,20H,4-5,13H2,1-3H3,(H,21,24). The second kappa shape index (κ2) is 9.48. The van der Waals surface area contributed by atoms with Crippen LogP contribution in [0.25, 0.3) is 0 Å². The lowest BCUT2D eigenvalue weighted by molar-refractivity contribution is -0.384. The number of aryl methyl sites for hydroxylation is 1. The third kappa shape index (κ3) is 5.52. The molecule has 0 heterocycles. The topological polar surface area (TPSA) is 122 Å². The van der Waals surface area contributed by atoms with Crippen LogP contribution in [-0.2, 0) is 14.8 Å². The zero-order valence-electron chi connectivity index (χ0n) is 16.5. The molecule has 0 atom stereocenters. The Balaban J connectivity index is 2.07. The number of carbonyl (C=O) groups excluding carboxylic acids is 1. The summed E-state index contributed by atoms with van der Waals surface area (Å²) in [6, 6.07) is 10.4. The molecule has 0 saturated heterocycles. The van der Waals surface area contributed by atoms with Crippen LogP contribution in [0.3, 0.4) is 0 Å². The fourth-order valence-electron chi connectivity index (χ4n) is 2.74. The van der Waals surface area contributed by atoms with Gasteiger partial charge in [-0.15, -0.1) is 0 Å². The average Bonchev–Trinajstić information content (AvgIpc) is 2.68. The zero-order valence-corrected chi connectivity index (χ0v) is 17.3. The van der Waals surface area contributed by atoms with Gasteiger partial charge in [0, 0.05) is 36.6 Å². The van der Waals surface area contributed by atoms with Gasteiger partial charge >= 0.3 is 0 Å². The predicted molar refractivity (Wildman–Crippen MR) is 112 cm³/mol. The summed E-state index contributed by atoms with van der Waals surface area (Å²) in [7, 11) is -3.61. The molecular weight excluding hydrogens is 396 g/mol. The first kappa shape index (κ1) is 22.3. The van der Waals surface area contributed by atoms with E-state index in [9.17, 15) is 23.3 Å². The van der Waals surface area contributed by atoms with E-state index >= 15 is 0 Å². The van der Waals surface area contributed by atoms with E-state index < -0.39 is 14.9 Å². The van der Waals surface area contributed by atoms with E-state index in [0.717, 1.165) is 0 Å². The van der Waals surface area contributed by atoms with E-state index in [4.69, 9.17) is 0 Å². The van der Waals surface area contributed by atoms with Crippen LogP contribution in [0.1, 0.15) is 19.4 Å². The molecule has 0 saturated carbocycles. The fraction of sp³-hybridized carbons (Fsp3) is 0.316. The molecule has 2 N–H and O–H groups in total. The lowest BCUT2D eigenvalue weighted by Gasteiger charge is -2.20. The van der Waals surface area contributed by atoms with E-state index in [0.29, 0.717) is 30.0 Å². The van der Waals surface area contributed by atoms with Crippen molar-refractivity contribution in [3.8, 4) is 0 Å². The number of amides is 1. The Bertz CT molecular complexity index is 986. The number of anilines is 2. The van der Waals surface area contributed by atoms with Gasteiger partial charge in [-0.3, -0.25) is 14.9 Å². The van der Waals surface area contributed by atoms with E-state index in [1.54, 1.807) is 32.9 Å². The highest BCUT2D eigenvalue weighted by Gasteiger charge is 2.23. The number of nitrogens with zero attached hydrogens (tertiary/aromatic N) is 2. The predicted octanol–water partition coefficient (Wildman–Crippen LogP) is 2.98. The summed E-state index contributed by atoms with van der Waals surface area (Å²) in [6.45, 7) is 5.93. The van der Waals surface area contributed by atoms with Crippen molar-refractivity contribution in [3.05, 3.63) is 58.1 Å². The number of sulfonamides is 1. The first-order chi connectivity index (χ1) is 13.7. The monoisotopic (exact) mass is 420 g/mol. The molecule has 156 valence electrons. The lowest BCUT2D eigenvalue weighted by Crippen LogP contribution is -2.31. The highest BCUT2D eigenvalue weighted by Crippen LogP contribution is 2.23. The van der Waals surface area contributed by atoms with Gasteiger partial charge in [-0.05, 0) is 36.8 Å². The minimum absolute atomic E-state index is 0.0669. The molecule has 0 aliphatic rings. The smallest absolute Gasteiger partial charge is 0.269 e. The molecule has 2 aromatic carbocycles. The molecule has 0 radical (unpaired) electrons. The van der Waals surface area contributed by atoms with Crippen molar-refractivity contribution in [1.29, 1.82) is 0 Å². The van der Waals surface area contributed by atoms with Gasteiger partial charge in [0.15, 0.2) is 0 Å². The molecule has 29 heavy (non-hydrogen) atoms. The second-order valence-electron chi connectivity index (χ2n) is 6.28. The van der Waals surface area contributed by atoms with Crippen LogP contribution in [0.4, 0.5) is 17.1 Å². The third-order valence-corrected chi connectivity index (χ3v) is 6.52. The van der Waals surface area contributed by atoms with Gasteiger partial charge in [0.2, 0.25) is 15.9 Å². The number of nitro groups is 1. The summed E-state index contributed by atoms with van der Waals surface area (Å²) >= 11 is 0. The summed E-state index contributed by atoms with van der Waals surface area (Å²) < 4.78 is 27.0. The average molecular weight is 420 g/mol. The van der Waals surface area contributed by atoms with Crippen LogP contribution in [0, 0.1) is 17.0 Å². The summed E-state index contributed by atoms with van der Waals surface area (Å²) in [4.78, 5) is 22.5. The van der Waals surface area contributed by atoms with E-state index in [1.807, 2.05) is 0 Å².